The Kier molecular flexibility index (Phi) is 3.62. The summed E-state index contributed by atoms with van der Waals surface area (Å²) in [5, 5.41) is 11.2. The van der Waals surface area contributed by atoms with Gasteiger partial charge in [-0.25, -0.2) is 4.98 Å². The number of nitrogens with two attached hydrogens (primary N) is 1. The Hall–Kier alpha value is -2.21. The molecule has 1 heterocycles. The second kappa shape index (κ2) is 5.19. The van der Waals surface area contributed by atoms with Crippen LogP contribution < -0.4 is 5.73 Å². The summed E-state index contributed by atoms with van der Waals surface area (Å²) in [5.41, 5.74) is 6.94. The smallest absolute Gasteiger partial charge is 0.310 e. The molecular formula is C13H12N2O3S. The minimum Gasteiger partial charge on any atom is -0.481 e. The number of nitrogens with zero attached hydrogens (tertiary/aromatic N) is 1. The first-order valence-corrected chi connectivity index (χ1v) is 6.45. The summed E-state index contributed by atoms with van der Waals surface area (Å²) in [6.45, 7) is 1.63. The Bertz CT molecular complexity index is 619. The predicted octanol–water partition coefficient (Wildman–Crippen LogP) is 2.10. The number of benzene rings is 1. The van der Waals surface area contributed by atoms with E-state index in [-0.39, 0.29) is 5.69 Å². The molecular weight excluding hydrogens is 264 g/mol. The summed E-state index contributed by atoms with van der Waals surface area (Å²) in [6.07, 6.45) is 0. The van der Waals surface area contributed by atoms with Crippen LogP contribution in [0.25, 0.3) is 10.6 Å². The van der Waals surface area contributed by atoms with Crippen LogP contribution in [0, 0.1) is 0 Å². The lowest BCUT2D eigenvalue weighted by atomic mass is 10.0. The molecule has 1 atom stereocenters. The number of thiazole rings is 1. The minimum absolute atomic E-state index is 0.239. The molecule has 0 saturated carbocycles. The summed E-state index contributed by atoms with van der Waals surface area (Å²) >= 11 is 1.32. The van der Waals surface area contributed by atoms with Gasteiger partial charge in [0.1, 0.15) is 10.7 Å². The third kappa shape index (κ3) is 2.79. The molecule has 2 aromatic rings. The zero-order chi connectivity index (χ0) is 14.0. The zero-order valence-corrected chi connectivity index (χ0v) is 11.0. The summed E-state index contributed by atoms with van der Waals surface area (Å²) in [7, 11) is 0. The molecule has 0 spiro atoms. The van der Waals surface area contributed by atoms with Crippen molar-refractivity contribution in [3.63, 3.8) is 0 Å². The molecule has 98 valence electrons. The predicted molar refractivity (Wildman–Crippen MR) is 72.1 cm³/mol. The van der Waals surface area contributed by atoms with Gasteiger partial charge in [0, 0.05) is 10.9 Å². The van der Waals surface area contributed by atoms with E-state index in [4.69, 9.17) is 10.8 Å². The van der Waals surface area contributed by atoms with Gasteiger partial charge in [0.25, 0.3) is 5.91 Å². The van der Waals surface area contributed by atoms with E-state index in [0.717, 1.165) is 11.1 Å². The van der Waals surface area contributed by atoms with Crippen LogP contribution in [0.2, 0.25) is 0 Å². The first kappa shape index (κ1) is 13.2. The van der Waals surface area contributed by atoms with Crippen molar-refractivity contribution in [3.05, 3.63) is 40.9 Å². The number of hydrogen-bond donors (Lipinski definition) is 2. The molecule has 0 fully saturated rings. The maximum absolute atomic E-state index is 11.0. The standard InChI is InChI=1S/C13H12N2O3S/c1-7(13(17)18)8-2-4-9(5-3-8)12-15-10(6-19-12)11(14)16/h2-7H,1H3,(H2,14,16)(H,17,18). The van der Waals surface area contributed by atoms with Gasteiger partial charge in [-0.3, -0.25) is 9.59 Å². The number of rotatable bonds is 4. The molecule has 0 aliphatic carbocycles. The number of carboxylic acids is 1. The van der Waals surface area contributed by atoms with Crippen molar-refractivity contribution in [2.45, 2.75) is 12.8 Å². The highest BCUT2D eigenvalue weighted by Crippen LogP contribution is 2.25. The largest absolute Gasteiger partial charge is 0.481 e. The van der Waals surface area contributed by atoms with E-state index in [1.54, 1.807) is 36.6 Å². The number of carbonyl (C=O) groups is 2. The Labute approximate surface area is 113 Å². The van der Waals surface area contributed by atoms with Gasteiger partial charge < -0.3 is 10.8 Å². The van der Waals surface area contributed by atoms with E-state index < -0.39 is 17.8 Å². The fraction of sp³-hybridized carbons (Fsp3) is 0.154. The van der Waals surface area contributed by atoms with E-state index in [2.05, 4.69) is 4.98 Å². The van der Waals surface area contributed by atoms with Crippen LogP contribution in [0.15, 0.2) is 29.6 Å². The van der Waals surface area contributed by atoms with Crippen LogP contribution in [0.3, 0.4) is 0 Å². The van der Waals surface area contributed by atoms with Gasteiger partial charge in [-0.1, -0.05) is 24.3 Å². The molecule has 1 unspecified atom stereocenters. The fourth-order valence-electron chi connectivity index (χ4n) is 1.58. The van der Waals surface area contributed by atoms with Crippen molar-refractivity contribution in [1.82, 2.24) is 4.98 Å². The Morgan fingerprint density at radius 1 is 1.32 bits per heavy atom. The summed E-state index contributed by atoms with van der Waals surface area (Å²) in [5.74, 6) is -1.97. The molecule has 0 aliphatic rings. The van der Waals surface area contributed by atoms with Crippen LogP contribution in [0.4, 0.5) is 0 Å². The molecule has 3 N–H and O–H groups in total. The maximum Gasteiger partial charge on any atom is 0.310 e. The van der Waals surface area contributed by atoms with E-state index >= 15 is 0 Å². The fourth-order valence-corrected chi connectivity index (χ4v) is 2.39. The average Bonchev–Trinajstić information content (AvgIpc) is 2.87. The minimum atomic E-state index is -0.863. The summed E-state index contributed by atoms with van der Waals surface area (Å²) < 4.78 is 0. The number of aromatic nitrogens is 1. The summed E-state index contributed by atoms with van der Waals surface area (Å²) in [4.78, 5) is 26.0. The molecule has 1 aromatic carbocycles. The normalized spacial score (nSPS) is 12.1. The van der Waals surface area contributed by atoms with Gasteiger partial charge in [-0.05, 0) is 12.5 Å². The number of hydrogen-bond acceptors (Lipinski definition) is 4. The highest BCUT2D eigenvalue weighted by atomic mass is 32.1. The number of aliphatic carboxylic acids is 1. The second-order valence-electron chi connectivity index (χ2n) is 4.08. The molecule has 1 aromatic heterocycles. The van der Waals surface area contributed by atoms with Gasteiger partial charge in [0.15, 0.2) is 0 Å². The van der Waals surface area contributed by atoms with Gasteiger partial charge >= 0.3 is 5.97 Å². The van der Waals surface area contributed by atoms with Crippen LogP contribution in [0.1, 0.15) is 28.9 Å². The molecule has 0 bridgehead atoms. The lowest BCUT2D eigenvalue weighted by Crippen LogP contribution is -2.10. The van der Waals surface area contributed by atoms with E-state index in [1.165, 1.54) is 11.3 Å². The SMILES string of the molecule is CC(C(=O)O)c1ccc(-c2nc(C(N)=O)cs2)cc1. The first-order valence-electron chi connectivity index (χ1n) is 5.57. The molecule has 0 aliphatic heterocycles. The molecule has 2 rings (SSSR count). The number of primary amides is 1. The summed E-state index contributed by atoms with van der Waals surface area (Å²) in [6, 6.07) is 7.08. The maximum atomic E-state index is 11.0. The van der Waals surface area contributed by atoms with Crippen molar-refractivity contribution < 1.29 is 14.7 Å². The number of amides is 1. The molecule has 0 radical (unpaired) electrons. The lowest BCUT2D eigenvalue weighted by Gasteiger charge is -2.06. The molecule has 1 amide bonds. The lowest BCUT2D eigenvalue weighted by molar-refractivity contribution is -0.138. The van der Waals surface area contributed by atoms with Gasteiger partial charge in [0.2, 0.25) is 0 Å². The van der Waals surface area contributed by atoms with Crippen LogP contribution in [-0.4, -0.2) is 22.0 Å². The second-order valence-corrected chi connectivity index (χ2v) is 4.94. The monoisotopic (exact) mass is 276 g/mol. The molecule has 6 heteroatoms. The molecule has 0 saturated heterocycles. The first-order chi connectivity index (χ1) is 8.99. The molecule has 5 nitrogen and oxygen atoms in total. The van der Waals surface area contributed by atoms with Crippen LogP contribution >= 0.6 is 11.3 Å². The highest BCUT2D eigenvalue weighted by Gasteiger charge is 2.14. The van der Waals surface area contributed by atoms with Crippen LogP contribution in [-0.2, 0) is 4.79 Å². The third-order valence-corrected chi connectivity index (χ3v) is 3.68. The Morgan fingerprint density at radius 3 is 2.42 bits per heavy atom. The van der Waals surface area contributed by atoms with E-state index in [9.17, 15) is 9.59 Å². The third-order valence-electron chi connectivity index (χ3n) is 2.78. The van der Waals surface area contributed by atoms with Crippen molar-refractivity contribution in [1.29, 1.82) is 0 Å². The zero-order valence-electron chi connectivity index (χ0n) is 10.2. The van der Waals surface area contributed by atoms with Gasteiger partial charge in [-0.2, -0.15) is 0 Å². The van der Waals surface area contributed by atoms with Crippen molar-refractivity contribution in [2.75, 3.05) is 0 Å². The topological polar surface area (TPSA) is 93.3 Å². The van der Waals surface area contributed by atoms with Crippen molar-refractivity contribution >= 4 is 23.2 Å². The van der Waals surface area contributed by atoms with Crippen LogP contribution in [0.5, 0.6) is 0 Å². The van der Waals surface area contributed by atoms with Crippen molar-refractivity contribution in [2.24, 2.45) is 5.73 Å². The highest BCUT2D eigenvalue weighted by molar-refractivity contribution is 7.13. The number of carboxylic acid groups (broad SMARTS) is 1. The van der Waals surface area contributed by atoms with E-state index in [1.807, 2.05) is 0 Å². The Balaban J connectivity index is 2.27. The quantitative estimate of drug-likeness (QED) is 0.894. The number of carbonyl (C=O) groups excluding carboxylic acids is 1. The van der Waals surface area contributed by atoms with Gasteiger partial charge in [0.05, 0.1) is 5.92 Å². The Morgan fingerprint density at radius 2 is 1.95 bits per heavy atom. The van der Waals surface area contributed by atoms with Gasteiger partial charge in [-0.15, -0.1) is 11.3 Å². The molecule has 19 heavy (non-hydrogen) atoms. The van der Waals surface area contributed by atoms with E-state index in [0.29, 0.717) is 5.01 Å². The van der Waals surface area contributed by atoms with Crippen molar-refractivity contribution in [3.8, 4) is 10.6 Å². The average molecular weight is 276 g/mol.